The molecule has 2 aromatic rings. The monoisotopic (exact) mass is 370 g/mol. The van der Waals surface area contributed by atoms with E-state index < -0.39 is 0 Å². The van der Waals surface area contributed by atoms with E-state index in [-0.39, 0.29) is 5.91 Å². The van der Waals surface area contributed by atoms with Gasteiger partial charge in [0.05, 0.1) is 13.0 Å². The first-order chi connectivity index (χ1) is 13.2. The molecule has 7 nitrogen and oxygen atoms in total. The van der Waals surface area contributed by atoms with Gasteiger partial charge in [-0.25, -0.2) is 0 Å². The van der Waals surface area contributed by atoms with Gasteiger partial charge in [0.15, 0.2) is 5.82 Å². The van der Waals surface area contributed by atoms with Gasteiger partial charge in [0.25, 0.3) is 0 Å². The number of anilines is 1. The maximum Gasteiger partial charge on any atom is 0.233 e. The SMILES string of the molecule is COCCOc1ccc(N2CCN(C(=O)Cc3cccc(C)c3)CC2)nn1. The van der Waals surface area contributed by atoms with Crippen LogP contribution < -0.4 is 9.64 Å². The molecule has 0 N–H and O–H groups in total. The summed E-state index contributed by atoms with van der Waals surface area (Å²) in [6.45, 7) is 5.89. The van der Waals surface area contributed by atoms with Crippen molar-refractivity contribution in [1.82, 2.24) is 15.1 Å². The third-order valence-corrected chi connectivity index (χ3v) is 4.56. The second-order valence-electron chi connectivity index (χ2n) is 6.60. The molecule has 1 aromatic carbocycles. The fourth-order valence-electron chi connectivity index (χ4n) is 3.08. The Morgan fingerprint density at radius 3 is 2.56 bits per heavy atom. The lowest BCUT2D eigenvalue weighted by Crippen LogP contribution is -2.49. The summed E-state index contributed by atoms with van der Waals surface area (Å²) in [5.41, 5.74) is 2.25. The number of rotatable bonds is 7. The van der Waals surface area contributed by atoms with Crippen LogP contribution in [0, 0.1) is 6.92 Å². The minimum Gasteiger partial charge on any atom is -0.474 e. The zero-order valence-electron chi connectivity index (χ0n) is 15.9. The largest absolute Gasteiger partial charge is 0.474 e. The lowest BCUT2D eigenvalue weighted by molar-refractivity contribution is -0.130. The van der Waals surface area contributed by atoms with Crippen molar-refractivity contribution in [1.29, 1.82) is 0 Å². The number of benzene rings is 1. The number of hydrogen-bond acceptors (Lipinski definition) is 6. The van der Waals surface area contributed by atoms with Gasteiger partial charge in [0, 0.05) is 39.4 Å². The quantitative estimate of drug-likeness (QED) is 0.691. The smallest absolute Gasteiger partial charge is 0.233 e. The Bertz CT molecular complexity index is 743. The van der Waals surface area contributed by atoms with E-state index in [0.717, 1.165) is 24.5 Å². The fraction of sp³-hybridized carbons (Fsp3) is 0.450. The Hall–Kier alpha value is -2.67. The van der Waals surface area contributed by atoms with Crippen molar-refractivity contribution in [2.75, 3.05) is 51.4 Å². The molecule has 2 heterocycles. The summed E-state index contributed by atoms with van der Waals surface area (Å²) in [4.78, 5) is 16.6. The normalized spacial score (nSPS) is 14.3. The molecular weight excluding hydrogens is 344 g/mol. The number of carbonyl (C=O) groups excluding carboxylic acids is 1. The van der Waals surface area contributed by atoms with Crippen LogP contribution >= 0.6 is 0 Å². The fourth-order valence-corrected chi connectivity index (χ4v) is 3.08. The number of nitrogens with zero attached hydrogens (tertiary/aromatic N) is 4. The van der Waals surface area contributed by atoms with Crippen LogP contribution in [0.25, 0.3) is 0 Å². The molecule has 0 unspecified atom stereocenters. The van der Waals surface area contributed by atoms with E-state index in [9.17, 15) is 4.79 Å². The van der Waals surface area contributed by atoms with Crippen LogP contribution in [-0.2, 0) is 16.0 Å². The van der Waals surface area contributed by atoms with Gasteiger partial charge >= 0.3 is 0 Å². The highest BCUT2D eigenvalue weighted by Crippen LogP contribution is 2.16. The van der Waals surface area contributed by atoms with Gasteiger partial charge in [-0.3, -0.25) is 4.79 Å². The molecule has 144 valence electrons. The number of piperazine rings is 1. The van der Waals surface area contributed by atoms with Crippen LogP contribution in [0.4, 0.5) is 5.82 Å². The van der Waals surface area contributed by atoms with Crippen LogP contribution in [0.2, 0.25) is 0 Å². The van der Waals surface area contributed by atoms with Crippen LogP contribution in [0.3, 0.4) is 0 Å². The van der Waals surface area contributed by atoms with E-state index in [2.05, 4.69) is 21.2 Å². The molecular formula is C20H26N4O3. The van der Waals surface area contributed by atoms with Gasteiger partial charge in [0.1, 0.15) is 6.61 Å². The van der Waals surface area contributed by atoms with E-state index >= 15 is 0 Å². The second kappa shape index (κ2) is 9.32. The second-order valence-corrected chi connectivity index (χ2v) is 6.60. The number of amides is 1. The molecule has 0 atom stereocenters. The van der Waals surface area contributed by atoms with E-state index in [1.165, 1.54) is 5.56 Å². The summed E-state index contributed by atoms with van der Waals surface area (Å²) in [5.74, 6) is 1.47. The molecule has 1 aromatic heterocycles. The first-order valence-corrected chi connectivity index (χ1v) is 9.19. The lowest BCUT2D eigenvalue weighted by atomic mass is 10.1. The molecule has 1 fully saturated rings. The molecule has 0 saturated carbocycles. The van der Waals surface area contributed by atoms with Crippen LogP contribution in [0.15, 0.2) is 36.4 Å². The highest BCUT2D eigenvalue weighted by atomic mass is 16.5. The standard InChI is InChI=1S/C20H26N4O3/c1-16-4-3-5-17(14-16)15-20(25)24-10-8-23(9-11-24)18-6-7-19(22-21-18)27-13-12-26-2/h3-7,14H,8-13,15H2,1-2H3. The maximum atomic E-state index is 12.5. The van der Waals surface area contributed by atoms with Crippen molar-refractivity contribution in [3.63, 3.8) is 0 Å². The third-order valence-electron chi connectivity index (χ3n) is 4.56. The molecule has 0 spiro atoms. The topological polar surface area (TPSA) is 67.8 Å². The van der Waals surface area contributed by atoms with Crippen molar-refractivity contribution in [3.05, 3.63) is 47.5 Å². The molecule has 1 amide bonds. The predicted octanol–water partition coefficient (Wildman–Crippen LogP) is 1.70. The average Bonchev–Trinajstić information content (AvgIpc) is 2.69. The molecule has 0 radical (unpaired) electrons. The van der Waals surface area contributed by atoms with Gasteiger partial charge in [-0.05, 0) is 18.6 Å². The molecule has 1 aliphatic heterocycles. The summed E-state index contributed by atoms with van der Waals surface area (Å²) in [5, 5.41) is 8.33. The first kappa shape index (κ1) is 19.1. The molecule has 3 rings (SSSR count). The van der Waals surface area contributed by atoms with Gasteiger partial charge in [0.2, 0.25) is 11.8 Å². The van der Waals surface area contributed by atoms with Crippen molar-refractivity contribution >= 4 is 11.7 Å². The summed E-state index contributed by atoms with van der Waals surface area (Å²) in [6.07, 6.45) is 0.453. The van der Waals surface area contributed by atoms with E-state index in [0.29, 0.717) is 38.6 Å². The Morgan fingerprint density at radius 1 is 1.07 bits per heavy atom. The third kappa shape index (κ3) is 5.40. The zero-order chi connectivity index (χ0) is 19.1. The van der Waals surface area contributed by atoms with Crippen molar-refractivity contribution < 1.29 is 14.3 Å². The Balaban J connectivity index is 1.48. The number of aryl methyl sites for hydroxylation is 1. The van der Waals surface area contributed by atoms with Crippen LogP contribution in [-0.4, -0.2) is 67.5 Å². The first-order valence-electron chi connectivity index (χ1n) is 9.19. The summed E-state index contributed by atoms with van der Waals surface area (Å²) < 4.78 is 10.4. The number of methoxy groups -OCH3 is 1. The summed E-state index contributed by atoms with van der Waals surface area (Å²) in [6, 6.07) is 11.8. The highest BCUT2D eigenvalue weighted by Gasteiger charge is 2.22. The molecule has 0 aliphatic carbocycles. The number of hydrogen-bond donors (Lipinski definition) is 0. The minimum absolute atomic E-state index is 0.174. The Kier molecular flexibility index (Phi) is 6.59. The van der Waals surface area contributed by atoms with E-state index in [1.807, 2.05) is 42.2 Å². The van der Waals surface area contributed by atoms with Crippen molar-refractivity contribution in [2.45, 2.75) is 13.3 Å². The van der Waals surface area contributed by atoms with Gasteiger partial charge in [-0.2, -0.15) is 0 Å². The van der Waals surface area contributed by atoms with E-state index in [4.69, 9.17) is 9.47 Å². The minimum atomic E-state index is 0.174. The zero-order valence-corrected chi connectivity index (χ0v) is 15.9. The highest BCUT2D eigenvalue weighted by molar-refractivity contribution is 5.79. The summed E-state index contributed by atoms with van der Waals surface area (Å²) in [7, 11) is 1.63. The number of aromatic nitrogens is 2. The summed E-state index contributed by atoms with van der Waals surface area (Å²) >= 11 is 0. The van der Waals surface area contributed by atoms with E-state index in [1.54, 1.807) is 7.11 Å². The van der Waals surface area contributed by atoms with Crippen molar-refractivity contribution in [3.8, 4) is 5.88 Å². The van der Waals surface area contributed by atoms with Crippen molar-refractivity contribution in [2.24, 2.45) is 0 Å². The molecule has 27 heavy (non-hydrogen) atoms. The van der Waals surface area contributed by atoms with Gasteiger partial charge in [-0.1, -0.05) is 29.8 Å². The molecule has 7 heteroatoms. The van der Waals surface area contributed by atoms with Crippen LogP contribution in [0.1, 0.15) is 11.1 Å². The number of ether oxygens (including phenoxy) is 2. The maximum absolute atomic E-state index is 12.5. The molecule has 1 aliphatic rings. The van der Waals surface area contributed by atoms with Crippen LogP contribution in [0.5, 0.6) is 5.88 Å². The molecule has 0 bridgehead atoms. The van der Waals surface area contributed by atoms with Gasteiger partial charge in [-0.15, -0.1) is 10.2 Å². The predicted molar refractivity (Wildman–Crippen MR) is 103 cm³/mol. The average molecular weight is 370 g/mol. The Labute approximate surface area is 159 Å². The molecule has 1 saturated heterocycles. The lowest BCUT2D eigenvalue weighted by Gasteiger charge is -2.35. The van der Waals surface area contributed by atoms with Gasteiger partial charge < -0.3 is 19.3 Å². The Morgan fingerprint density at radius 2 is 1.89 bits per heavy atom. The number of carbonyl (C=O) groups is 1.